The van der Waals surface area contributed by atoms with Gasteiger partial charge in [0.1, 0.15) is 0 Å². The summed E-state index contributed by atoms with van der Waals surface area (Å²) in [7, 11) is 1.74. The molecule has 0 aromatic heterocycles. The summed E-state index contributed by atoms with van der Waals surface area (Å²) in [4.78, 5) is 26.0. The molecule has 152 valence electrons. The molecule has 28 heavy (non-hydrogen) atoms. The van der Waals surface area contributed by atoms with E-state index in [4.69, 9.17) is 5.73 Å². The Morgan fingerprint density at radius 2 is 1.50 bits per heavy atom. The molecule has 2 atom stereocenters. The average Bonchev–Trinajstić information content (AvgIpc) is 2.70. The first-order valence-corrected chi connectivity index (χ1v) is 9.25. The largest absolute Gasteiger partial charge is 0.346 e. The van der Waals surface area contributed by atoms with Crippen molar-refractivity contribution in [3.63, 3.8) is 0 Å². The number of halogens is 1. The SMILES string of the molecule is CC(C)[C@H](N)C(=O)NCC(=O)N(C)C(C)c1ccc(-c2ccccc2)cc1.Cl. The first-order valence-electron chi connectivity index (χ1n) is 9.25. The summed E-state index contributed by atoms with van der Waals surface area (Å²) in [5.41, 5.74) is 9.13. The Bertz CT molecular complexity index is 763. The van der Waals surface area contributed by atoms with E-state index in [0.29, 0.717) is 0 Å². The number of carbonyl (C=O) groups is 2. The van der Waals surface area contributed by atoms with E-state index in [1.165, 1.54) is 0 Å². The van der Waals surface area contributed by atoms with E-state index in [-0.39, 0.29) is 42.7 Å². The van der Waals surface area contributed by atoms with E-state index >= 15 is 0 Å². The van der Waals surface area contributed by atoms with Gasteiger partial charge in [0.05, 0.1) is 18.6 Å². The third-order valence-electron chi connectivity index (χ3n) is 4.91. The van der Waals surface area contributed by atoms with Crippen molar-refractivity contribution in [3.05, 3.63) is 60.2 Å². The first-order chi connectivity index (χ1) is 12.8. The molecule has 6 heteroatoms. The molecule has 0 saturated heterocycles. The molecule has 2 aromatic rings. The standard InChI is InChI=1S/C22H29N3O2.ClH/c1-15(2)21(23)22(27)24-14-20(26)25(4)16(3)17-10-12-19(13-11-17)18-8-6-5-7-9-18;/h5-13,15-16,21H,14,23H2,1-4H3,(H,24,27);1H/t16?,21-;/m0./s1. The van der Waals surface area contributed by atoms with Gasteiger partial charge >= 0.3 is 0 Å². The number of hydrogen-bond acceptors (Lipinski definition) is 3. The maximum atomic E-state index is 12.4. The molecule has 0 heterocycles. The van der Waals surface area contributed by atoms with Crippen molar-refractivity contribution < 1.29 is 9.59 Å². The van der Waals surface area contributed by atoms with Crippen molar-refractivity contribution in [1.82, 2.24) is 10.2 Å². The molecule has 0 bridgehead atoms. The van der Waals surface area contributed by atoms with E-state index in [0.717, 1.165) is 16.7 Å². The number of hydrogen-bond donors (Lipinski definition) is 2. The lowest BCUT2D eigenvalue weighted by atomic mass is 10.0. The van der Waals surface area contributed by atoms with E-state index in [1.807, 2.05) is 51.1 Å². The zero-order valence-electron chi connectivity index (χ0n) is 16.9. The second-order valence-corrected chi connectivity index (χ2v) is 7.16. The molecule has 0 aliphatic heterocycles. The van der Waals surface area contributed by atoms with Crippen LogP contribution in [0, 0.1) is 5.92 Å². The van der Waals surface area contributed by atoms with Crippen molar-refractivity contribution in [2.24, 2.45) is 11.7 Å². The van der Waals surface area contributed by atoms with E-state index in [2.05, 4.69) is 29.6 Å². The Labute approximate surface area is 173 Å². The molecule has 0 saturated carbocycles. The van der Waals surface area contributed by atoms with E-state index < -0.39 is 6.04 Å². The molecule has 0 radical (unpaired) electrons. The zero-order valence-corrected chi connectivity index (χ0v) is 17.7. The third-order valence-corrected chi connectivity index (χ3v) is 4.91. The Hall–Kier alpha value is -2.37. The van der Waals surface area contributed by atoms with Crippen molar-refractivity contribution in [2.75, 3.05) is 13.6 Å². The van der Waals surface area contributed by atoms with Crippen LogP contribution in [0.15, 0.2) is 54.6 Å². The van der Waals surface area contributed by atoms with Crippen LogP contribution in [-0.2, 0) is 9.59 Å². The Balaban J connectivity index is 0.00000392. The summed E-state index contributed by atoms with van der Waals surface area (Å²) in [5.74, 6) is -0.426. The predicted molar refractivity (Wildman–Crippen MR) is 116 cm³/mol. The fourth-order valence-electron chi connectivity index (χ4n) is 2.73. The normalized spacial score (nSPS) is 12.6. The highest BCUT2D eigenvalue weighted by Crippen LogP contribution is 2.24. The van der Waals surface area contributed by atoms with Gasteiger partial charge in [0.25, 0.3) is 0 Å². The molecular formula is C22H30ClN3O2. The highest BCUT2D eigenvalue weighted by atomic mass is 35.5. The van der Waals surface area contributed by atoms with Gasteiger partial charge in [-0.05, 0) is 29.5 Å². The summed E-state index contributed by atoms with van der Waals surface area (Å²) in [6.45, 7) is 5.66. The third kappa shape index (κ3) is 6.08. The maximum absolute atomic E-state index is 12.4. The van der Waals surface area contributed by atoms with Gasteiger partial charge in [-0.1, -0.05) is 68.4 Å². The van der Waals surface area contributed by atoms with Crippen LogP contribution in [0.5, 0.6) is 0 Å². The molecular weight excluding hydrogens is 374 g/mol. The van der Waals surface area contributed by atoms with Gasteiger partial charge in [0.2, 0.25) is 11.8 Å². The number of nitrogens with two attached hydrogens (primary N) is 1. The number of benzene rings is 2. The smallest absolute Gasteiger partial charge is 0.242 e. The van der Waals surface area contributed by atoms with Gasteiger partial charge in [0, 0.05) is 7.05 Å². The van der Waals surface area contributed by atoms with Crippen LogP contribution < -0.4 is 11.1 Å². The van der Waals surface area contributed by atoms with Crippen LogP contribution in [0.3, 0.4) is 0 Å². The molecule has 1 unspecified atom stereocenters. The Morgan fingerprint density at radius 3 is 2.04 bits per heavy atom. The Kier molecular flexibility index (Phi) is 9.16. The lowest BCUT2D eigenvalue weighted by Gasteiger charge is -2.26. The monoisotopic (exact) mass is 403 g/mol. The lowest BCUT2D eigenvalue weighted by Crippen LogP contribution is -2.47. The summed E-state index contributed by atoms with van der Waals surface area (Å²) >= 11 is 0. The predicted octanol–water partition coefficient (Wildman–Crippen LogP) is 3.39. The van der Waals surface area contributed by atoms with Crippen molar-refractivity contribution in [2.45, 2.75) is 32.9 Å². The maximum Gasteiger partial charge on any atom is 0.242 e. The fourth-order valence-corrected chi connectivity index (χ4v) is 2.73. The number of likely N-dealkylation sites (N-methyl/N-ethyl adjacent to an activating group) is 1. The van der Waals surface area contributed by atoms with Gasteiger partial charge in [-0.25, -0.2) is 0 Å². The first kappa shape index (κ1) is 23.7. The summed E-state index contributed by atoms with van der Waals surface area (Å²) < 4.78 is 0. The van der Waals surface area contributed by atoms with Crippen LogP contribution in [0.25, 0.3) is 11.1 Å². The van der Waals surface area contributed by atoms with Gasteiger partial charge in [0.15, 0.2) is 0 Å². The van der Waals surface area contributed by atoms with Gasteiger partial charge in [-0.3, -0.25) is 9.59 Å². The molecule has 5 nitrogen and oxygen atoms in total. The zero-order chi connectivity index (χ0) is 20.0. The van der Waals surface area contributed by atoms with Gasteiger partial charge in [-0.2, -0.15) is 0 Å². The van der Waals surface area contributed by atoms with Gasteiger partial charge < -0.3 is 16.0 Å². The van der Waals surface area contributed by atoms with E-state index in [1.54, 1.807) is 11.9 Å². The minimum Gasteiger partial charge on any atom is -0.346 e. The second-order valence-electron chi connectivity index (χ2n) is 7.16. The quantitative estimate of drug-likeness (QED) is 0.743. The highest BCUT2D eigenvalue weighted by molar-refractivity contribution is 5.87. The summed E-state index contributed by atoms with van der Waals surface area (Å²) in [5, 5.41) is 2.63. The topological polar surface area (TPSA) is 75.4 Å². The van der Waals surface area contributed by atoms with E-state index in [9.17, 15) is 9.59 Å². The van der Waals surface area contributed by atoms with Crippen LogP contribution in [0.4, 0.5) is 0 Å². The Morgan fingerprint density at radius 1 is 0.964 bits per heavy atom. The lowest BCUT2D eigenvalue weighted by molar-refractivity contribution is -0.133. The van der Waals surface area contributed by atoms with Crippen LogP contribution in [0.1, 0.15) is 32.4 Å². The molecule has 0 aliphatic rings. The second kappa shape index (κ2) is 10.8. The number of rotatable bonds is 7. The number of nitrogens with zero attached hydrogens (tertiary/aromatic N) is 1. The minimum absolute atomic E-state index is 0. The average molecular weight is 404 g/mol. The number of carbonyl (C=O) groups excluding carboxylic acids is 2. The molecule has 0 fully saturated rings. The van der Waals surface area contributed by atoms with Crippen molar-refractivity contribution in [3.8, 4) is 11.1 Å². The number of amides is 2. The highest BCUT2D eigenvalue weighted by Gasteiger charge is 2.21. The molecule has 2 aromatic carbocycles. The molecule has 0 spiro atoms. The van der Waals surface area contributed by atoms with Crippen molar-refractivity contribution in [1.29, 1.82) is 0 Å². The molecule has 3 N–H and O–H groups in total. The molecule has 0 aliphatic carbocycles. The van der Waals surface area contributed by atoms with Crippen molar-refractivity contribution >= 4 is 24.2 Å². The van der Waals surface area contributed by atoms with Crippen LogP contribution >= 0.6 is 12.4 Å². The van der Waals surface area contributed by atoms with Crippen LogP contribution in [-0.4, -0.2) is 36.3 Å². The van der Waals surface area contributed by atoms with Crippen LogP contribution in [0.2, 0.25) is 0 Å². The summed E-state index contributed by atoms with van der Waals surface area (Å²) in [6, 6.07) is 17.6. The number of nitrogens with one attached hydrogen (secondary N) is 1. The van der Waals surface area contributed by atoms with Gasteiger partial charge in [-0.15, -0.1) is 12.4 Å². The minimum atomic E-state index is -0.605. The molecule has 2 rings (SSSR count). The molecule has 2 amide bonds. The fraction of sp³-hybridized carbons (Fsp3) is 0.364. The summed E-state index contributed by atoms with van der Waals surface area (Å²) in [6.07, 6.45) is 0.